The molecule has 0 saturated carbocycles. The van der Waals surface area contributed by atoms with Gasteiger partial charge in [0.05, 0.1) is 18.6 Å². The van der Waals surface area contributed by atoms with E-state index in [1.165, 1.54) is 54.3 Å². The molecule has 0 bridgehead atoms. The van der Waals surface area contributed by atoms with Crippen molar-refractivity contribution in [2.45, 2.75) is 5.41 Å². The molecule has 250 valence electrons. The molecular weight excluding hydrogens is 669 g/mol. The molecule has 9 rings (SSSR count). The molecule has 0 atom stereocenters. The Bertz CT molecular complexity index is 2340. The summed E-state index contributed by atoms with van der Waals surface area (Å²) in [6.45, 7) is 0.469. The SMILES string of the molecule is OCCOc1ccc2cc(C3(c4ccc5cc(OCCO)ccc5c4)c4cc(-c5cccs5)ccc4-c4ccc(-c5cccs5)cc43)ccc2c1. The van der Waals surface area contributed by atoms with Gasteiger partial charge in [0.15, 0.2) is 0 Å². The van der Waals surface area contributed by atoms with Crippen molar-refractivity contribution in [3.05, 3.63) is 166 Å². The third kappa shape index (κ3) is 5.43. The molecule has 0 fully saturated rings. The first-order valence-electron chi connectivity index (χ1n) is 17.1. The highest BCUT2D eigenvalue weighted by Crippen LogP contribution is 2.58. The number of ether oxygens (including phenoxy) is 2. The minimum absolute atomic E-state index is 0.0258. The number of hydrogen-bond acceptors (Lipinski definition) is 6. The summed E-state index contributed by atoms with van der Waals surface area (Å²) in [4.78, 5) is 2.48. The molecule has 2 aromatic heterocycles. The van der Waals surface area contributed by atoms with Crippen LogP contribution < -0.4 is 9.47 Å². The topological polar surface area (TPSA) is 58.9 Å². The lowest BCUT2D eigenvalue weighted by molar-refractivity contribution is 0.201. The summed E-state index contributed by atoms with van der Waals surface area (Å²) in [6.07, 6.45) is 0. The van der Waals surface area contributed by atoms with Gasteiger partial charge in [0.2, 0.25) is 0 Å². The van der Waals surface area contributed by atoms with Crippen LogP contribution in [0.4, 0.5) is 0 Å². The van der Waals surface area contributed by atoms with Gasteiger partial charge in [0, 0.05) is 9.75 Å². The Morgan fingerprint density at radius 1 is 0.471 bits per heavy atom. The number of hydrogen-bond donors (Lipinski definition) is 2. The average Bonchev–Trinajstić information content (AvgIpc) is 3.97. The van der Waals surface area contributed by atoms with Gasteiger partial charge in [0.1, 0.15) is 24.7 Å². The van der Waals surface area contributed by atoms with Crippen LogP contribution in [0, 0.1) is 0 Å². The van der Waals surface area contributed by atoms with Gasteiger partial charge < -0.3 is 19.7 Å². The fourth-order valence-electron chi connectivity index (χ4n) is 7.73. The Hall–Kier alpha value is -5.24. The first kappa shape index (κ1) is 31.7. The van der Waals surface area contributed by atoms with Gasteiger partial charge in [-0.25, -0.2) is 0 Å². The fraction of sp³-hybridized carbons (Fsp3) is 0.111. The van der Waals surface area contributed by atoms with Gasteiger partial charge >= 0.3 is 0 Å². The summed E-state index contributed by atoms with van der Waals surface area (Å²) >= 11 is 3.52. The van der Waals surface area contributed by atoms with Gasteiger partial charge in [0.25, 0.3) is 0 Å². The van der Waals surface area contributed by atoms with E-state index in [0.717, 1.165) is 33.0 Å². The number of fused-ring (bicyclic) bond motifs is 5. The monoisotopic (exact) mass is 702 g/mol. The molecule has 2 N–H and O–H groups in total. The molecule has 0 saturated heterocycles. The maximum atomic E-state index is 9.33. The Kier molecular flexibility index (Phi) is 8.17. The summed E-state index contributed by atoms with van der Waals surface area (Å²) in [5, 5.41) is 27.3. The van der Waals surface area contributed by atoms with Crippen molar-refractivity contribution in [3.8, 4) is 43.5 Å². The summed E-state index contributed by atoms with van der Waals surface area (Å²) in [5.41, 5.74) is 9.15. The fourth-order valence-corrected chi connectivity index (χ4v) is 9.17. The van der Waals surface area contributed by atoms with E-state index in [1.807, 2.05) is 24.3 Å². The maximum Gasteiger partial charge on any atom is 0.120 e. The van der Waals surface area contributed by atoms with Gasteiger partial charge in [-0.3, -0.25) is 0 Å². The first-order valence-corrected chi connectivity index (χ1v) is 18.8. The number of rotatable bonds is 10. The zero-order valence-corrected chi connectivity index (χ0v) is 29.3. The molecule has 1 aliphatic carbocycles. The van der Waals surface area contributed by atoms with Gasteiger partial charge in [-0.15, -0.1) is 22.7 Å². The van der Waals surface area contributed by atoms with Crippen LogP contribution in [0.25, 0.3) is 53.6 Å². The Balaban J connectivity index is 1.34. The van der Waals surface area contributed by atoms with Gasteiger partial charge in [-0.1, -0.05) is 72.8 Å². The van der Waals surface area contributed by atoms with Crippen LogP contribution in [-0.2, 0) is 5.41 Å². The smallest absolute Gasteiger partial charge is 0.120 e. The molecule has 4 nitrogen and oxygen atoms in total. The summed E-state index contributed by atoms with van der Waals surface area (Å²) in [6, 6.07) is 48.6. The zero-order valence-electron chi connectivity index (χ0n) is 27.7. The van der Waals surface area contributed by atoms with Crippen LogP contribution in [0.5, 0.6) is 11.5 Å². The van der Waals surface area contributed by atoms with E-state index in [2.05, 4.69) is 120 Å². The van der Waals surface area contributed by atoms with Gasteiger partial charge in [-0.2, -0.15) is 0 Å². The third-order valence-electron chi connectivity index (χ3n) is 9.96. The largest absolute Gasteiger partial charge is 0.491 e. The van der Waals surface area contributed by atoms with E-state index in [9.17, 15) is 10.2 Å². The average molecular weight is 703 g/mol. The summed E-state index contributed by atoms with van der Waals surface area (Å²) < 4.78 is 11.5. The van der Waals surface area contributed by atoms with Crippen LogP contribution in [0.1, 0.15) is 22.3 Å². The highest BCUT2D eigenvalue weighted by Gasteiger charge is 2.47. The van der Waals surface area contributed by atoms with Crippen molar-refractivity contribution in [3.63, 3.8) is 0 Å². The summed E-state index contributed by atoms with van der Waals surface area (Å²) in [7, 11) is 0. The van der Waals surface area contributed by atoms with Crippen molar-refractivity contribution in [1.82, 2.24) is 0 Å². The molecule has 0 spiro atoms. The van der Waals surface area contributed by atoms with E-state index in [0.29, 0.717) is 0 Å². The number of aliphatic hydroxyl groups is 2. The molecule has 51 heavy (non-hydrogen) atoms. The number of aliphatic hydroxyl groups excluding tert-OH is 2. The van der Waals surface area contributed by atoms with Crippen molar-refractivity contribution >= 4 is 44.2 Å². The quantitative estimate of drug-likeness (QED) is 0.149. The molecule has 6 heteroatoms. The molecule has 8 aromatic rings. The first-order chi connectivity index (χ1) is 25.1. The highest BCUT2D eigenvalue weighted by atomic mass is 32.1. The third-order valence-corrected chi connectivity index (χ3v) is 11.8. The minimum atomic E-state index is -0.633. The number of benzene rings is 6. The van der Waals surface area contributed by atoms with E-state index >= 15 is 0 Å². The van der Waals surface area contributed by atoms with E-state index in [-0.39, 0.29) is 26.4 Å². The summed E-state index contributed by atoms with van der Waals surface area (Å²) in [5.74, 6) is 1.49. The second-order valence-electron chi connectivity index (χ2n) is 12.8. The maximum absolute atomic E-state index is 9.33. The number of thiophene rings is 2. The predicted octanol–water partition coefficient (Wildman–Crippen LogP) is 10.6. The lowest BCUT2D eigenvalue weighted by atomic mass is 9.66. The molecular formula is C45H34O4S2. The molecule has 0 amide bonds. The van der Waals surface area contributed by atoms with Crippen LogP contribution >= 0.6 is 22.7 Å². The lowest BCUT2D eigenvalue weighted by Gasteiger charge is -2.35. The molecule has 2 heterocycles. The highest BCUT2D eigenvalue weighted by molar-refractivity contribution is 7.13. The zero-order chi connectivity index (χ0) is 34.4. The Morgan fingerprint density at radius 2 is 0.922 bits per heavy atom. The van der Waals surface area contributed by atoms with Crippen molar-refractivity contribution in [2.75, 3.05) is 26.4 Å². The molecule has 0 radical (unpaired) electrons. The standard InChI is InChI=1S/C45H34O4S2/c46-17-19-48-37-13-7-29-23-35(11-5-31(29)25-37)45(36-12-6-32-26-38(49-20-18-47)14-8-30(32)24-36)41-27-33(43-3-1-21-50-43)9-15-39(41)40-16-10-34(28-42(40)45)44-4-2-22-51-44/h1-16,21-28,46-47H,17-20H2. The Morgan fingerprint density at radius 3 is 1.35 bits per heavy atom. The molecule has 1 aliphatic rings. The van der Waals surface area contributed by atoms with Crippen molar-refractivity contribution < 1.29 is 19.7 Å². The van der Waals surface area contributed by atoms with Crippen LogP contribution in [0.3, 0.4) is 0 Å². The van der Waals surface area contributed by atoms with Crippen LogP contribution in [0.15, 0.2) is 144 Å². The van der Waals surface area contributed by atoms with E-state index in [1.54, 1.807) is 22.7 Å². The minimum Gasteiger partial charge on any atom is -0.491 e. The van der Waals surface area contributed by atoms with E-state index < -0.39 is 5.41 Å². The van der Waals surface area contributed by atoms with Gasteiger partial charge in [-0.05, 0) is 137 Å². The second kappa shape index (κ2) is 13.1. The lowest BCUT2D eigenvalue weighted by Crippen LogP contribution is -2.28. The van der Waals surface area contributed by atoms with Crippen LogP contribution in [0.2, 0.25) is 0 Å². The van der Waals surface area contributed by atoms with Crippen molar-refractivity contribution in [2.24, 2.45) is 0 Å². The van der Waals surface area contributed by atoms with Crippen molar-refractivity contribution in [1.29, 1.82) is 0 Å². The molecule has 0 aliphatic heterocycles. The van der Waals surface area contributed by atoms with E-state index in [4.69, 9.17) is 9.47 Å². The normalized spacial score (nSPS) is 13.0. The van der Waals surface area contributed by atoms with Crippen LogP contribution in [-0.4, -0.2) is 36.6 Å². The second-order valence-corrected chi connectivity index (χ2v) is 14.7. The molecule has 0 unspecified atom stereocenters. The molecule has 6 aromatic carbocycles. The predicted molar refractivity (Wildman–Crippen MR) is 211 cm³/mol. The Labute approximate surface area is 304 Å².